The summed E-state index contributed by atoms with van der Waals surface area (Å²) in [5, 5.41) is 59.4. The van der Waals surface area contributed by atoms with Crippen molar-refractivity contribution in [2.75, 3.05) is 121 Å². The zero-order valence-corrected chi connectivity index (χ0v) is 74.6. The molecule has 2 aromatic rings. The number of hydrogen-bond acceptors (Lipinski definition) is 22. The van der Waals surface area contributed by atoms with Gasteiger partial charge in [-0.3, -0.25) is 0 Å². The Labute approximate surface area is 685 Å². The molecule has 2 unspecified atom stereocenters. The van der Waals surface area contributed by atoms with Gasteiger partial charge >= 0.3 is 0 Å². The van der Waals surface area contributed by atoms with E-state index in [2.05, 4.69) is 181 Å². The molecular formula is C82H165N3O20P2Si2. The summed E-state index contributed by atoms with van der Waals surface area (Å²) in [4.78, 5) is 3.29. The normalized spacial score (nSPS) is 13.6. The van der Waals surface area contributed by atoms with Crippen LogP contribution >= 0.6 is 17.1 Å². The van der Waals surface area contributed by atoms with Crippen molar-refractivity contribution < 1.29 is 102 Å². The second kappa shape index (κ2) is 90.1. The fourth-order valence-corrected chi connectivity index (χ4v) is 11.8. The van der Waals surface area contributed by atoms with E-state index >= 15 is 0 Å². The van der Waals surface area contributed by atoms with Gasteiger partial charge in [0.1, 0.15) is 32.5 Å². The molecule has 0 aliphatic heterocycles. The van der Waals surface area contributed by atoms with Crippen LogP contribution in [0.1, 0.15) is 190 Å². The molecule has 109 heavy (non-hydrogen) atoms. The molecule has 27 heteroatoms. The number of benzene rings is 2. The quantitative estimate of drug-likeness (QED) is 0.00985. The average Bonchev–Trinajstić information content (AvgIpc) is 0.865. The molecule has 0 saturated carbocycles. The lowest BCUT2D eigenvalue weighted by atomic mass is 10.2. The Hall–Kier alpha value is -3.42. The van der Waals surface area contributed by atoms with Crippen molar-refractivity contribution in [1.29, 1.82) is 5.72 Å². The van der Waals surface area contributed by atoms with Gasteiger partial charge in [-0.2, -0.15) is 0 Å². The lowest BCUT2D eigenvalue weighted by molar-refractivity contribution is 0.0000253. The molecule has 0 amide bonds. The van der Waals surface area contributed by atoms with Crippen molar-refractivity contribution in [3.63, 3.8) is 0 Å². The largest absolute Gasteiger partial charge is 0.414 e. The highest BCUT2D eigenvalue weighted by Gasteiger charge is 2.38. The van der Waals surface area contributed by atoms with E-state index in [0.717, 1.165) is 11.1 Å². The van der Waals surface area contributed by atoms with Crippen molar-refractivity contribution in [3.8, 4) is 49.4 Å². The van der Waals surface area contributed by atoms with Gasteiger partial charge in [-0.25, -0.2) is 15.9 Å². The highest BCUT2D eigenvalue weighted by molar-refractivity contribution is 7.44. The van der Waals surface area contributed by atoms with E-state index < -0.39 is 58.1 Å². The highest BCUT2D eigenvalue weighted by Crippen LogP contribution is 2.47. The van der Waals surface area contributed by atoms with E-state index in [1.165, 1.54) is 28.4 Å². The summed E-state index contributed by atoms with van der Waals surface area (Å²) in [5.41, 5.74) is 2.18. The van der Waals surface area contributed by atoms with Crippen molar-refractivity contribution in [1.82, 2.24) is 9.34 Å². The Balaban J connectivity index is -0.000000110. The Kier molecular flexibility index (Phi) is 92.5. The van der Waals surface area contributed by atoms with E-state index in [-0.39, 0.29) is 142 Å². The van der Waals surface area contributed by atoms with E-state index in [0.29, 0.717) is 59.2 Å². The second-order valence-corrected chi connectivity index (χ2v) is 38.1. The SMILES string of the molecule is C.C.CC.CC.CC(C)(C)[Si](C)(C)OC[C@@H](O)COCc1ccccc1.OC[C@@H](O)COCc1ccccc1.[2H]C[C@@H](CO)OCC#C.[2H]C[C@@H](COP(OCCC#C)N(C(C)C)C(C)C)OCC#C.[2H]C[C@@H](COP(OCC[N+]#[C-])N(C(C)C)C(C)C)OCC#C.[2H]C[C@H](O)CO[Si](C)(C)C(C)(C)C.[3H]OC.[3H]OC.[3H]OC.[3H]OC. The zero-order chi connectivity index (χ0) is 91.3. The summed E-state index contributed by atoms with van der Waals surface area (Å²) in [5.74, 6) is 9.60. The first kappa shape index (κ1) is 112. The molecule has 0 aliphatic rings. The van der Waals surface area contributed by atoms with Gasteiger partial charge < -0.3 is 101 Å². The number of rotatable bonds is 40. The van der Waals surface area contributed by atoms with Crippen LogP contribution in [0.15, 0.2) is 60.7 Å². The molecular weight excluding hydrogens is 1470 g/mol. The van der Waals surface area contributed by atoms with Gasteiger partial charge in [0.05, 0.1) is 103 Å². The van der Waals surface area contributed by atoms with Crippen LogP contribution in [0, 0.1) is 55.9 Å². The molecule has 0 fully saturated rings. The predicted molar refractivity (Wildman–Crippen MR) is 465 cm³/mol. The lowest BCUT2D eigenvalue weighted by Gasteiger charge is -2.36. The molecule has 8 atom stereocenters. The number of ether oxygens (including phenoxy) is 5. The highest BCUT2D eigenvalue weighted by atomic mass is 31.2. The minimum absolute atomic E-state index is 0. The molecule has 646 valence electrons. The topological polar surface area (TPSA) is 294 Å². The predicted octanol–water partition coefficient (Wildman–Crippen LogP) is 15.1. The maximum Gasteiger partial charge on any atom is 0.259 e. The maximum atomic E-state index is 9.93. The Morgan fingerprint density at radius 2 is 0.835 bits per heavy atom. The minimum Gasteiger partial charge on any atom is -0.414 e. The lowest BCUT2D eigenvalue weighted by Crippen LogP contribution is -2.43. The van der Waals surface area contributed by atoms with Gasteiger partial charge in [0.25, 0.3) is 17.1 Å². The van der Waals surface area contributed by atoms with Gasteiger partial charge in [0, 0.05) is 64.5 Å². The standard InChI is InChI=1S/C16H28NO3P.C16H28O3Si.C15H27N2O3P.C10H14O3.C9H22O2Si.C6H10O2.2C2H6.4CH4O.2CH4/c1-8-10-12-19-21(17(14(3)4)15(5)6)20-13-16(7)18-11-9-2;1-16(2,3)20(4,5)19-13-15(17)12-18-11-14-9-7-6-8-10-14;1-8-10-18-15(6)12-20-21(19-11-9-16-7)17(13(2)3)14(4)5;11-6-10(12)8-13-7-9-4-2-1-3-5-9;1-8(10)7-11-12(5,6)9(2,3)4;1-3-4-8-6(2)5-7;6*1-2;;/h1-2,14-16H,10-13H2,3-7H3;6-10,15,17H,11-13H2,1-5H3;1,13-15H,9-12H2,2-6H3;1-5,10-12H,6-8H2;8,10H,7H2,1-6H3;1,6-7H,4-5H2,2H3;2*1-2H3;4*2H,1H3;2*1H4/t16-,21?;15-;15-,21?;10-;8-;6-;;;;;;;;/m000100......../s1/i7D;;6D;;1D;2D;;;4*2T;;. The van der Waals surface area contributed by atoms with Crippen LogP contribution in [-0.4, -0.2) is 259 Å². The molecule has 0 saturated heterocycles. The Morgan fingerprint density at radius 3 is 1.12 bits per heavy atom. The maximum absolute atomic E-state index is 9.93. The summed E-state index contributed by atoms with van der Waals surface area (Å²) >= 11 is 0. The number of nitrogens with zero attached hydrogens (tertiary/aromatic N) is 3. The third kappa shape index (κ3) is 83.8. The first-order valence-corrected chi connectivity index (χ1v) is 43.8. The monoisotopic (exact) mass is 1640 g/mol. The van der Waals surface area contributed by atoms with Crippen LogP contribution in [0.25, 0.3) is 4.85 Å². The molecule has 0 aliphatic carbocycles. The van der Waals surface area contributed by atoms with Crippen LogP contribution in [0.4, 0.5) is 0 Å². The minimum atomic E-state index is -1.79. The van der Waals surface area contributed by atoms with E-state index in [9.17, 15) is 10.2 Å². The Bertz CT molecular complexity index is 2440. The summed E-state index contributed by atoms with van der Waals surface area (Å²) in [7, 11) is -0.885. The average molecular weight is 1640 g/mol. The molecule has 0 aromatic heterocycles. The van der Waals surface area contributed by atoms with Gasteiger partial charge in [-0.05, 0) is 130 Å². The van der Waals surface area contributed by atoms with Crippen molar-refractivity contribution in [2.45, 2.75) is 284 Å². The summed E-state index contributed by atoms with van der Waals surface area (Å²) < 4.78 is 117. The molecule has 0 bridgehead atoms. The van der Waals surface area contributed by atoms with Crippen molar-refractivity contribution in [3.05, 3.63) is 83.2 Å². The number of aliphatic hydroxyl groups excluding tert-OH is 9. The van der Waals surface area contributed by atoms with Gasteiger partial charge in [0.15, 0.2) is 16.6 Å². The fraction of sp³-hybridized carbons (Fsp3) is 0.744. The first-order chi connectivity index (χ1) is 54.2. The van der Waals surface area contributed by atoms with Crippen molar-refractivity contribution >= 4 is 33.7 Å². The van der Waals surface area contributed by atoms with Crippen LogP contribution < -0.4 is 0 Å². The molecule has 0 radical (unpaired) electrons. The van der Waals surface area contributed by atoms with Gasteiger partial charge in [-0.15, -0.1) is 31.6 Å². The molecule has 23 nitrogen and oxygen atoms in total. The summed E-state index contributed by atoms with van der Waals surface area (Å²) in [6.07, 6.45) is 17.9. The van der Waals surface area contributed by atoms with E-state index in [4.69, 9.17) is 109 Å². The number of terminal acetylenes is 4. The van der Waals surface area contributed by atoms with Crippen molar-refractivity contribution in [2.24, 2.45) is 0 Å². The molecule has 0 spiro atoms. The molecule has 9 N–H and O–H groups in total. The summed E-state index contributed by atoms with van der Waals surface area (Å²) in [6, 6.07) is 20.7. The van der Waals surface area contributed by atoms with E-state index in [1.807, 2.05) is 88.4 Å². The fourth-order valence-electron chi connectivity index (χ4n) is 6.49. The summed E-state index contributed by atoms with van der Waals surface area (Å²) in [6.45, 7) is 57.4. The van der Waals surface area contributed by atoms with Crippen LogP contribution in [-0.2, 0) is 63.8 Å². The van der Waals surface area contributed by atoms with Crippen LogP contribution in [0.5, 0.6) is 0 Å². The molecule has 2 aromatic carbocycles. The second-order valence-electron chi connectivity index (χ2n) is 25.6. The van der Waals surface area contributed by atoms with Gasteiger partial charge in [-0.1, -0.05) is 163 Å². The van der Waals surface area contributed by atoms with Crippen LogP contribution in [0.2, 0.25) is 36.3 Å². The number of hydrogen-bond donors (Lipinski definition) is 9. The zero-order valence-electron chi connectivity index (χ0n) is 78.8. The molecule has 0 heterocycles. The van der Waals surface area contributed by atoms with E-state index in [1.54, 1.807) is 0 Å². The first-order valence-electron chi connectivity index (χ1n) is 40.2. The third-order valence-corrected chi connectivity index (χ3v) is 26.6. The van der Waals surface area contributed by atoms with Gasteiger partial charge in [0.2, 0.25) is 12.3 Å². The third-order valence-electron chi connectivity index (χ3n) is 13.4. The number of aliphatic hydroxyl groups is 9. The smallest absolute Gasteiger partial charge is 0.259 e. The molecule has 2 rings (SSSR count). The Morgan fingerprint density at radius 1 is 0.505 bits per heavy atom. The van der Waals surface area contributed by atoms with Crippen LogP contribution in [0.3, 0.4) is 0 Å².